The number of rotatable bonds is 6. The fourth-order valence-corrected chi connectivity index (χ4v) is 2.64. The summed E-state index contributed by atoms with van der Waals surface area (Å²) in [4.78, 5) is 0. The van der Waals surface area contributed by atoms with Gasteiger partial charge in [-0.3, -0.25) is 0 Å². The minimum Gasteiger partial charge on any atom is -0.316 e. The lowest BCUT2D eigenvalue weighted by Gasteiger charge is -2.25. The number of aryl methyl sites for hydroxylation is 2. The predicted molar refractivity (Wildman–Crippen MR) is 76.5 cm³/mol. The Hall–Kier alpha value is -0.820. The number of benzene rings is 1. The van der Waals surface area contributed by atoms with Crippen LogP contribution in [0.3, 0.4) is 0 Å². The van der Waals surface area contributed by atoms with Gasteiger partial charge in [0.25, 0.3) is 0 Å². The van der Waals surface area contributed by atoms with Crippen LogP contribution < -0.4 is 5.32 Å². The van der Waals surface area contributed by atoms with E-state index in [0.29, 0.717) is 6.04 Å². The Bertz CT molecular complexity index is 323. The van der Waals surface area contributed by atoms with Gasteiger partial charge in [0.15, 0.2) is 0 Å². The van der Waals surface area contributed by atoms with Gasteiger partial charge < -0.3 is 5.32 Å². The third kappa shape index (κ3) is 3.85. The summed E-state index contributed by atoms with van der Waals surface area (Å²) in [5.74, 6) is 0.740. The summed E-state index contributed by atoms with van der Waals surface area (Å²) in [6.45, 7) is 9.07. The molecule has 1 aromatic rings. The molecule has 1 rings (SSSR count). The number of nitrogens with one attached hydrogen (secondary N) is 1. The van der Waals surface area contributed by atoms with Crippen molar-refractivity contribution in [3.05, 3.63) is 34.9 Å². The van der Waals surface area contributed by atoms with E-state index in [1.54, 1.807) is 0 Å². The highest BCUT2D eigenvalue weighted by atomic mass is 14.9. The zero-order chi connectivity index (χ0) is 12.8. The zero-order valence-electron chi connectivity index (χ0n) is 12.0. The van der Waals surface area contributed by atoms with E-state index in [1.165, 1.54) is 29.5 Å². The van der Waals surface area contributed by atoms with Crippen molar-refractivity contribution in [2.24, 2.45) is 5.92 Å². The van der Waals surface area contributed by atoms with E-state index < -0.39 is 0 Å². The molecule has 0 fully saturated rings. The second-order valence-electron chi connectivity index (χ2n) is 5.24. The molecule has 1 heteroatoms. The largest absolute Gasteiger partial charge is 0.316 e. The molecule has 0 aliphatic rings. The van der Waals surface area contributed by atoms with Gasteiger partial charge in [-0.1, -0.05) is 38.5 Å². The van der Waals surface area contributed by atoms with Crippen LogP contribution in [0.5, 0.6) is 0 Å². The smallest absolute Gasteiger partial charge is 0.0130 e. The molecule has 0 aliphatic heterocycles. The lowest BCUT2D eigenvalue weighted by molar-refractivity contribution is 0.371. The molecule has 0 amide bonds. The standard InChI is InChI=1S/C16H27N/c1-6-8-14(4)16(17-5)11-15-12(2)9-7-10-13(15)3/h7,9-10,14,16-17H,6,8,11H2,1-5H3. The van der Waals surface area contributed by atoms with E-state index >= 15 is 0 Å². The first-order valence-corrected chi connectivity index (χ1v) is 6.82. The summed E-state index contributed by atoms with van der Waals surface area (Å²) in [5, 5.41) is 3.49. The van der Waals surface area contributed by atoms with Crippen LogP contribution in [0.25, 0.3) is 0 Å². The molecule has 0 heterocycles. The van der Waals surface area contributed by atoms with E-state index in [0.717, 1.165) is 12.3 Å². The van der Waals surface area contributed by atoms with Gasteiger partial charge in [-0.15, -0.1) is 0 Å². The normalized spacial score (nSPS) is 14.6. The van der Waals surface area contributed by atoms with Gasteiger partial charge >= 0.3 is 0 Å². The second-order valence-corrected chi connectivity index (χ2v) is 5.24. The van der Waals surface area contributed by atoms with Crippen molar-refractivity contribution in [1.29, 1.82) is 0 Å². The Morgan fingerprint density at radius 1 is 1.18 bits per heavy atom. The van der Waals surface area contributed by atoms with Crippen LogP contribution in [0.4, 0.5) is 0 Å². The first-order valence-electron chi connectivity index (χ1n) is 6.82. The second kappa shape index (κ2) is 6.80. The Kier molecular flexibility index (Phi) is 5.70. The minimum absolute atomic E-state index is 0.592. The van der Waals surface area contributed by atoms with Crippen LogP contribution in [0.1, 0.15) is 43.4 Å². The van der Waals surface area contributed by atoms with E-state index in [1.807, 2.05) is 0 Å². The molecule has 0 aliphatic carbocycles. The minimum atomic E-state index is 0.592. The lowest BCUT2D eigenvalue weighted by Crippen LogP contribution is -2.34. The van der Waals surface area contributed by atoms with Crippen molar-refractivity contribution in [2.75, 3.05) is 7.05 Å². The lowest BCUT2D eigenvalue weighted by atomic mass is 9.88. The van der Waals surface area contributed by atoms with E-state index in [9.17, 15) is 0 Å². The number of likely N-dealkylation sites (N-methyl/N-ethyl adjacent to an activating group) is 1. The van der Waals surface area contributed by atoms with Crippen molar-refractivity contribution in [3.63, 3.8) is 0 Å². The fraction of sp³-hybridized carbons (Fsp3) is 0.625. The van der Waals surface area contributed by atoms with Crippen LogP contribution in [-0.2, 0) is 6.42 Å². The van der Waals surface area contributed by atoms with Gasteiger partial charge in [-0.25, -0.2) is 0 Å². The molecular weight excluding hydrogens is 206 g/mol. The topological polar surface area (TPSA) is 12.0 Å². The molecule has 0 spiro atoms. The Morgan fingerprint density at radius 3 is 2.24 bits per heavy atom. The molecule has 0 saturated carbocycles. The van der Waals surface area contributed by atoms with Crippen molar-refractivity contribution < 1.29 is 0 Å². The van der Waals surface area contributed by atoms with Crippen molar-refractivity contribution in [2.45, 2.75) is 53.0 Å². The van der Waals surface area contributed by atoms with Gasteiger partial charge in [0.2, 0.25) is 0 Å². The molecule has 96 valence electrons. The maximum atomic E-state index is 3.49. The van der Waals surface area contributed by atoms with Crippen LogP contribution in [0.2, 0.25) is 0 Å². The highest BCUT2D eigenvalue weighted by molar-refractivity contribution is 5.34. The Balaban J connectivity index is 2.80. The molecular formula is C16H27N. The molecule has 0 bridgehead atoms. The van der Waals surface area contributed by atoms with Crippen molar-refractivity contribution >= 4 is 0 Å². The SMILES string of the molecule is CCCC(C)C(Cc1c(C)cccc1C)NC. The first kappa shape index (κ1) is 14.2. The van der Waals surface area contributed by atoms with Crippen LogP contribution >= 0.6 is 0 Å². The van der Waals surface area contributed by atoms with Crippen molar-refractivity contribution in [3.8, 4) is 0 Å². The van der Waals surface area contributed by atoms with Crippen LogP contribution in [0, 0.1) is 19.8 Å². The maximum Gasteiger partial charge on any atom is 0.0130 e. The molecule has 1 nitrogen and oxygen atoms in total. The quantitative estimate of drug-likeness (QED) is 0.786. The molecule has 0 saturated heterocycles. The van der Waals surface area contributed by atoms with Gasteiger partial charge in [-0.2, -0.15) is 0 Å². The molecule has 2 atom stereocenters. The van der Waals surface area contributed by atoms with Gasteiger partial charge in [-0.05, 0) is 56.3 Å². The Morgan fingerprint density at radius 2 is 1.76 bits per heavy atom. The highest BCUT2D eigenvalue weighted by Crippen LogP contribution is 2.20. The number of hydrogen-bond acceptors (Lipinski definition) is 1. The molecule has 1 aromatic carbocycles. The fourth-order valence-electron chi connectivity index (χ4n) is 2.64. The van der Waals surface area contributed by atoms with Gasteiger partial charge in [0.1, 0.15) is 0 Å². The first-order chi connectivity index (χ1) is 8.10. The van der Waals surface area contributed by atoms with E-state index in [2.05, 4.69) is 58.3 Å². The summed E-state index contributed by atoms with van der Waals surface area (Å²) in [5.41, 5.74) is 4.37. The number of hydrogen-bond donors (Lipinski definition) is 1. The molecule has 2 unspecified atom stereocenters. The van der Waals surface area contributed by atoms with E-state index in [-0.39, 0.29) is 0 Å². The third-order valence-electron chi connectivity index (χ3n) is 3.87. The van der Waals surface area contributed by atoms with Crippen LogP contribution in [-0.4, -0.2) is 13.1 Å². The monoisotopic (exact) mass is 233 g/mol. The van der Waals surface area contributed by atoms with Gasteiger partial charge in [0, 0.05) is 6.04 Å². The molecule has 0 aromatic heterocycles. The summed E-state index contributed by atoms with van der Waals surface area (Å²) in [6.07, 6.45) is 3.72. The predicted octanol–water partition coefficient (Wildman–Crippen LogP) is 3.87. The van der Waals surface area contributed by atoms with E-state index in [4.69, 9.17) is 0 Å². The van der Waals surface area contributed by atoms with Crippen molar-refractivity contribution in [1.82, 2.24) is 5.32 Å². The zero-order valence-corrected chi connectivity index (χ0v) is 12.0. The highest BCUT2D eigenvalue weighted by Gasteiger charge is 2.16. The summed E-state index contributed by atoms with van der Waals surface area (Å²) < 4.78 is 0. The molecule has 0 radical (unpaired) electrons. The molecule has 1 N–H and O–H groups in total. The maximum absolute atomic E-state index is 3.49. The van der Waals surface area contributed by atoms with Crippen LogP contribution in [0.15, 0.2) is 18.2 Å². The average Bonchev–Trinajstić information content (AvgIpc) is 2.29. The third-order valence-corrected chi connectivity index (χ3v) is 3.87. The summed E-state index contributed by atoms with van der Waals surface area (Å²) >= 11 is 0. The summed E-state index contributed by atoms with van der Waals surface area (Å²) in [7, 11) is 2.09. The average molecular weight is 233 g/mol. The Labute approximate surface area is 107 Å². The molecule has 17 heavy (non-hydrogen) atoms. The summed E-state index contributed by atoms with van der Waals surface area (Å²) in [6, 6.07) is 7.19. The van der Waals surface area contributed by atoms with Gasteiger partial charge in [0.05, 0.1) is 0 Å².